The van der Waals surface area contributed by atoms with Gasteiger partial charge in [-0.2, -0.15) is 0 Å². The molecule has 1 saturated heterocycles. The molecule has 0 aromatic carbocycles. The number of nitrogens with one attached hydrogen (secondary N) is 1. The van der Waals surface area contributed by atoms with Crippen molar-refractivity contribution >= 4 is 33.3 Å². The Kier molecular flexibility index (Phi) is 4.11. The predicted octanol–water partition coefficient (Wildman–Crippen LogP) is 3.37. The third kappa shape index (κ3) is 2.98. The molecule has 3 heterocycles. The highest BCUT2D eigenvalue weighted by Crippen LogP contribution is 2.40. The fourth-order valence-corrected chi connectivity index (χ4v) is 5.67. The summed E-state index contributed by atoms with van der Waals surface area (Å²) >= 11 is 1.87. The van der Waals surface area contributed by atoms with Crippen LogP contribution in [-0.2, 0) is 17.6 Å². The quantitative estimate of drug-likeness (QED) is 0.900. The van der Waals surface area contributed by atoms with Crippen LogP contribution >= 0.6 is 11.3 Å². The standard InChI is InChI=1S/C20H26N4OS/c1-12-21-18(17-15-4-2-3-5-16(15)26-20(17)22-12)24-10-8-13(9-11-24)19(25)23-14-6-7-14/h13-14H,2-11H2,1H3,(H,23,25). The summed E-state index contributed by atoms with van der Waals surface area (Å²) < 4.78 is 0. The van der Waals surface area contributed by atoms with E-state index in [1.165, 1.54) is 35.1 Å². The number of anilines is 1. The molecule has 5 nitrogen and oxygen atoms in total. The first kappa shape index (κ1) is 16.5. The Balaban J connectivity index is 1.40. The van der Waals surface area contributed by atoms with Gasteiger partial charge in [0, 0.05) is 29.9 Å². The number of nitrogens with zero attached hydrogens (tertiary/aromatic N) is 3. The lowest BCUT2D eigenvalue weighted by Crippen LogP contribution is -2.41. The van der Waals surface area contributed by atoms with Gasteiger partial charge in [-0.05, 0) is 63.9 Å². The van der Waals surface area contributed by atoms with Gasteiger partial charge in [0.05, 0.1) is 5.39 Å². The Morgan fingerprint density at radius 2 is 1.88 bits per heavy atom. The van der Waals surface area contributed by atoms with Crippen LogP contribution in [0.3, 0.4) is 0 Å². The summed E-state index contributed by atoms with van der Waals surface area (Å²) in [5, 5.41) is 4.47. The molecule has 2 aliphatic carbocycles. The molecule has 1 amide bonds. The molecule has 0 spiro atoms. The van der Waals surface area contributed by atoms with Crippen molar-refractivity contribution in [3.63, 3.8) is 0 Å². The van der Waals surface area contributed by atoms with Crippen molar-refractivity contribution in [1.82, 2.24) is 15.3 Å². The van der Waals surface area contributed by atoms with Gasteiger partial charge >= 0.3 is 0 Å². The number of amides is 1. The van der Waals surface area contributed by atoms with Crippen molar-refractivity contribution < 1.29 is 4.79 Å². The highest BCUT2D eigenvalue weighted by atomic mass is 32.1. The lowest BCUT2D eigenvalue weighted by atomic mass is 9.94. The molecule has 0 bridgehead atoms. The van der Waals surface area contributed by atoms with Gasteiger partial charge in [0.1, 0.15) is 16.5 Å². The molecular weight excluding hydrogens is 344 g/mol. The van der Waals surface area contributed by atoms with E-state index in [0.717, 1.165) is 61.7 Å². The normalized spacial score (nSPS) is 21.0. The second-order valence-corrected chi connectivity index (χ2v) is 9.11. The first-order valence-electron chi connectivity index (χ1n) is 10.0. The molecular formula is C20H26N4OS. The Morgan fingerprint density at radius 1 is 1.12 bits per heavy atom. The molecule has 0 atom stereocenters. The van der Waals surface area contributed by atoms with Gasteiger partial charge < -0.3 is 10.2 Å². The van der Waals surface area contributed by atoms with E-state index in [1.807, 2.05) is 18.3 Å². The number of fused-ring (bicyclic) bond motifs is 3. The van der Waals surface area contributed by atoms with Gasteiger partial charge in [-0.1, -0.05) is 0 Å². The number of hydrogen-bond donors (Lipinski definition) is 1. The minimum absolute atomic E-state index is 0.168. The topological polar surface area (TPSA) is 58.1 Å². The monoisotopic (exact) mass is 370 g/mol. The summed E-state index contributed by atoms with van der Waals surface area (Å²) in [5.41, 5.74) is 1.50. The second-order valence-electron chi connectivity index (χ2n) is 8.03. The molecule has 0 unspecified atom stereocenters. The number of carbonyl (C=O) groups excluding carboxylic acids is 1. The summed E-state index contributed by atoms with van der Waals surface area (Å²) in [5.74, 6) is 2.42. The maximum Gasteiger partial charge on any atom is 0.223 e. The molecule has 5 rings (SSSR count). The largest absolute Gasteiger partial charge is 0.356 e. The molecule has 3 aliphatic rings. The zero-order chi connectivity index (χ0) is 17.7. The third-order valence-corrected chi connectivity index (χ3v) is 7.18. The molecule has 1 N–H and O–H groups in total. The molecule has 1 aliphatic heterocycles. The fraction of sp³-hybridized carbons (Fsp3) is 0.650. The number of aryl methyl sites for hydroxylation is 3. The van der Waals surface area contributed by atoms with Crippen molar-refractivity contribution in [3.8, 4) is 0 Å². The van der Waals surface area contributed by atoms with Crippen LogP contribution in [0.4, 0.5) is 5.82 Å². The van der Waals surface area contributed by atoms with Crippen LogP contribution < -0.4 is 10.2 Å². The molecule has 2 aromatic rings. The molecule has 6 heteroatoms. The summed E-state index contributed by atoms with van der Waals surface area (Å²) in [7, 11) is 0. The summed E-state index contributed by atoms with van der Waals surface area (Å²) in [6, 6.07) is 0.460. The minimum atomic E-state index is 0.168. The molecule has 0 radical (unpaired) electrons. The summed E-state index contributed by atoms with van der Waals surface area (Å²) in [6.07, 6.45) is 9.09. The van der Waals surface area contributed by atoms with Crippen LogP contribution in [0.25, 0.3) is 10.2 Å². The second kappa shape index (κ2) is 6.48. The molecule has 138 valence electrons. The van der Waals surface area contributed by atoms with Gasteiger partial charge in [-0.3, -0.25) is 4.79 Å². The zero-order valence-electron chi connectivity index (χ0n) is 15.4. The Bertz CT molecular complexity index is 849. The van der Waals surface area contributed by atoms with Crippen LogP contribution in [0, 0.1) is 12.8 Å². The average Bonchev–Trinajstić information content (AvgIpc) is 3.39. The number of piperidine rings is 1. The smallest absolute Gasteiger partial charge is 0.223 e. The van der Waals surface area contributed by atoms with E-state index in [9.17, 15) is 4.79 Å². The van der Waals surface area contributed by atoms with Crippen molar-refractivity contribution in [3.05, 3.63) is 16.3 Å². The van der Waals surface area contributed by atoms with Crippen LogP contribution in [0.1, 0.15) is 54.8 Å². The van der Waals surface area contributed by atoms with Gasteiger partial charge in [0.2, 0.25) is 5.91 Å². The van der Waals surface area contributed by atoms with Crippen molar-refractivity contribution in [1.29, 1.82) is 0 Å². The van der Waals surface area contributed by atoms with E-state index in [-0.39, 0.29) is 11.8 Å². The van der Waals surface area contributed by atoms with E-state index >= 15 is 0 Å². The number of hydrogen-bond acceptors (Lipinski definition) is 5. The number of carbonyl (C=O) groups is 1. The maximum atomic E-state index is 12.4. The highest BCUT2D eigenvalue weighted by molar-refractivity contribution is 7.19. The average molecular weight is 371 g/mol. The SMILES string of the molecule is Cc1nc(N2CCC(C(=O)NC3CC3)CC2)c2c3c(sc2n1)CCCC3. The Morgan fingerprint density at radius 3 is 2.65 bits per heavy atom. The van der Waals surface area contributed by atoms with Crippen molar-refractivity contribution in [2.24, 2.45) is 5.92 Å². The van der Waals surface area contributed by atoms with Gasteiger partial charge in [0.15, 0.2) is 0 Å². The fourth-order valence-electron chi connectivity index (χ4n) is 4.37. The predicted molar refractivity (Wildman–Crippen MR) is 105 cm³/mol. The van der Waals surface area contributed by atoms with Gasteiger partial charge in [-0.15, -0.1) is 11.3 Å². The van der Waals surface area contributed by atoms with Crippen LogP contribution in [0.15, 0.2) is 0 Å². The summed E-state index contributed by atoms with van der Waals surface area (Å²) in [4.78, 5) is 27.0. The first-order chi connectivity index (χ1) is 12.7. The van der Waals surface area contributed by atoms with E-state index < -0.39 is 0 Å². The first-order valence-corrected chi connectivity index (χ1v) is 10.8. The lowest BCUT2D eigenvalue weighted by molar-refractivity contribution is -0.125. The van der Waals surface area contributed by atoms with E-state index in [2.05, 4.69) is 10.2 Å². The van der Waals surface area contributed by atoms with Gasteiger partial charge in [-0.25, -0.2) is 9.97 Å². The number of thiophene rings is 1. The maximum absolute atomic E-state index is 12.4. The molecule has 1 saturated carbocycles. The molecule has 2 aromatic heterocycles. The summed E-state index contributed by atoms with van der Waals surface area (Å²) in [6.45, 7) is 3.83. The van der Waals surface area contributed by atoms with E-state index in [0.29, 0.717) is 6.04 Å². The van der Waals surface area contributed by atoms with E-state index in [1.54, 1.807) is 0 Å². The van der Waals surface area contributed by atoms with Crippen molar-refractivity contribution in [2.75, 3.05) is 18.0 Å². The molecule has 2 fully saturated rings. The lowest BCUT2D eigenvalue weighted by Gasteiger charge is -2.33. The highest BCUT2D eigenvalue weighted by Gasteiger charge is 2.31. The van der Waals surface area contributed by atoms with Crippen LogP contribution in [-0.4, -0.2) is 35.0 Å². The minimum Gasteiger partial charge on any atom is -0.356 e. The van der Waals surface area contributed by atoms with E-state index in [4.69, 9.17) is 9.97 Å². The number of rotatable bonds is 3. The Labute approximate surface area is 158 Å². The Hall–Kier alpha value is -1.69. The zero-order valence-corrected chi connectivity index (χ0v) is 16.2. The van der Waals surface area contributed by atoms with Crippen LogP contribution in [0.5, 0.6) is 0 Å². The third-order valence-electron chi connectivity index (χ3n) is 6.00. The molecule has 26 heavy (non-hydrogen) atoms. The van der Waals surface area contributed by atoms with Crippen LogP contribution in [0.2, 0.25) is 0 Å². The number of aromatic nitrogens is 2. The van der Waals surface area contributed by atoms with Gasteiger partial charge in [0.25, 0.3) is 0 Å². The van der Waals surface area contributed by atoms with Crippen molar-refractivity contribution in [2.45, 2.75) is 64.3 Å².